The van der Waals surface area contributed by atoms with Crippen molar-refractivity contribution in [3.8, 4) is 0 Å². The average Bonchev–Trinajstić information content (AvgIpc) is 2.52. The Hall–Kier alpha value is -1.84. The van der Waals surface area contributed by atoms with Crippen molar-refractivity contribution in [2.45, 2.75) is 52.4 Å². The van der Waals surface area contributed by atoms with Crippen LogP contribution in [0.3, 0.4) is 0 Å². The zero-order valence-corrected chi connectivity index (χ0v) is 15.4. The predicted octanol–water partition coefficient (Wildman–Crippen LogP) is 3.68. The van der Waals surface area contributed by atoms with Crippen molar-refractivity contribution in [1.29, 1.82) is 0 Å². The molecule has 0 radical (unpaired) electrons. The maximum absolute atomic E-state index is 12.8. The van der Waals surface area contributed by atoms with Gasteiger partial charge in [0.1, 0.15) is 0 Å². The second-order valence-electron chi connectivity index (χ2n) is 8.10. The van der Waals surface area contributed by atoms with Gasteiger partial charge in [-0.1, -0.05) is 45.9 Å². The van der Waals surface area contributed by atoms with Gasteiger partial charge in [0.05, 0.1) is 18.1 Å². The van der Waals surface area contributed by atoms with Crippen molar-refractivity contribution in [3.63, 3.8) is 0 Å². The van der Waals surface area contributed by atoms with Crippen LogP contribution < -0.4 is 5.73 Å². The first-order chi connectivity index (χ1) is 11.2. The standard InChI is InChI=1S/C20H29NO3/c1-13(2)15-10-11-19(3,4)12-20(15,18(21)23)16-9-7-6-8-14(16)17(22)24-5/h6-9,13,15H,10-12H2,1-5H3,(H2,21,23). The van der Waals surface area contributed by atoms with Crippen molar-refractivity contribution in [3.05, 3.63) is 35.4 Å². The van der Waals surface area contributed by atoms with E-state index in [0.29, 0.717) is 17.9 Å². The fourth-order valence-corrected chi connectivity index (χ4v) is 4.53. The minimum absolute atomic E-state index is 0.0103. The molecule has 2 unspecified atom stereocenters. The molecule has 2 atom stereocenters. The largest absolute Gasteiger partial charge is 0.465 e. The Morgan fingerprint density at radius 3 is 2.42 bits per heavy atom. The molecule has 132 valence electrons. The van der Waals surface area contributed by atoms with Gasteiger partial charge in [-0.3, -0.25) is 4.79 Å². The topological polar surface area (TPSA) is 69.4 Å². The van der Waals surface area contributed by atoms with Crippen LogP contribution in [0.5, 0.6) is 0 Å². The third-order valence-corrected chi connectivity index (χ3v) is 5.58. The molecule has 4 nitrogen and oxygen atoms in total. The van der Waals surface area contributed by atoms with Gasteiger partial charge < -0.3 is 10.5 Å². The third-order valence-electron chi connectivity index (χ3n) is 5.58. The van der Waals surface area contributed by atoms with Crippen molar-refractivity contribution in [2.24, 2.45) is 23.0 Å². The summed E-state index contributed by atoms with van der Waals surface area (Å²) in [7, 11) is 1.36. The lowest BCUT2D eigenvalue weighted by molar-refractivity contribution is -0.130. The first-order valence-electron chi connectivity index (χ1n) is 8.63. The molecule has 24 heavy (non-hydrogen) atoms. The Bertz CT molecular complexity index is 636. The normalized spacial score (nSPS) is 26.2. The van der Waals surface area contributed by atoms with Crippen LogP contribution in [0.1, 0.15) is 62.9 Å². The highest BCUT2D eigenvalue weighted by molar-refractivity contribution is 5.96. The number of benzene rings is 1. The van der Waals surface area contributed by atoms with Gasteiger partial charge in [0, 0.05) is 0 Å². The molecule has 0 heterocycles. The number of hydrogen-bond donors (Lipinski definition) is 1. The number of carbonyl (C=O) groups is 2. The first-order valence-corrected chi connectivity index (χ1v) is 8.63. The summed E-state index contributed by atoms with van der Waals surface area (Å²) in [5.41, 5.74) is 6.31. The van der Waals surface area contributed by atoms with Gasteiger partial charge >= 0.3 is 5.97 Å². The van der Waals surface area contributed by atoms with Crippen molar-refractivity contribution >= 4 is 11.9 Å². The van der Waals surface area contributed by atoms with Gasteiger partial charge in [-0.05, 0) is 48.1 Å². The lowest BCUT2D eigenvalue weighted by Crippen LogP contribution is -2.54. The maximum atomic E-state index is 12.8. The molecule has 1 aromatic rings. The second kappa shape index (κ2) is 6.58. The summed E-state index contributed by atoms with van der Waals surface area (Å²) in [6.45, 7) is 8.59. The number of carbonyl (C=O) groups excluding carboxylic acids is 2. The fraction of sp³-hybridized carbons (Fsp3) is 0.600. The molecular formula is C20H29NO3. The van der Waals surface area contributed by atoms with E-state index < -0.39 is 11.4 Å². The zero-order chi connectivity index (χ0) is 18.1. The summed E-state index contributed by atoms with van der Waals surface area (Å²) in [4.78, 5) is 25.1. The number of primary amides is 1. The maximum Gasteiger partial charge on any atom is 0.338 e. The highest BCUT2D eigenvalue weighted by Gasteiger charge is 2.54. The van der Waals surface area contributed by atoms with Gasteiger partial charge in [-0.25, -0.2) is 4.79 Å². The van der Waals surface area contributed by atoms with E-state index in [1.807, 2.05) is 12.1 Å². The van der Waals surface area contributed by atoms with Crippen LogP contribution >= 0.6 is 0 Å². The number of methoxy groups -OCH3 is 1. The molecule has 0 spiro atoms. The minimum Gasteiger partial charge on any atom is -0.465 e. The summed E-state index contributed by atoms with van der Waals surface area (Å²) in [5, 5.41) is 0. The molecule has 1 fully saturated rings. The second-order valence-corrected chi connectivity index (χ2v) is 8.10. The quantitative estimate of drug-likeness (QED) is 0.856. The Balaban J connectivity index is 2.74. The molecule has 0 bridgehead atoms. The Kier molecular flexibility index (Phi) is 5.07. The number of rotatable bonds is 4. The van der Waals surface area contributed by atoms with Crippen molar-refractivity contribution < 1.29 is 14.3 Å². The summed E-state index contributed by atoms with van der Waals surface area (Å²) >= 11 is 0. The van der Waals surface area contributed by atoms with E-state index in [4.69, 9.17) is 10.5 Å². The van der Waals surface area contributed by atoms with E-state index >= 15 is 0 Å². The average molecular weight is 331 g/mol. The summed E-state index contributed by atoms with van der Waals surface area (Å²) in [6, 6.07) is 7.26. The van der Waals surface area contributed by atoms with Gasteiger partial charge in [0.25, 0.3) is 0 Å². The lowest BCUT2D eigenvalue weighted by Gasteiger charge is -2.50. The molecule has 1 aromatic carbocycles. The molecule has 1 amide bonds. The minimum atomic E-state index is -0.847. The molecule has 4 heteroatoms. The highest BCUT2D eigenvalue weighted by atomic mass is 16.5. The molecule has 0 aliphatic heterocycles. The molecule has 1 saturated carbocycles. The monoisotopic (exact) mass is 331 g/mol. The number of amides is 1. The molecule has 1 aliphatic rings. The summed E-state index contributed by atoms with van der Waals surface area (Å²) < 4.78 is 4.95. The van der Waals surface area contributed by atoms with E-state index in [2.05, 4.69) is 27.7 Å². The Labute approximate surface area is 144 Å². The van der Waals surface area contributed by atoms with Gasteiger partial charge in [-0.2, -0.15) is 0 Å². The molecule has 2 rings (SSSR count). The van der Waals surface area contributed by atoms with Crippen molar-refractivity contribution in [2.75, 3.05) is 7.11 Å². The van der Waals surface area contributed by atoms with Gasteiger partial charge in [0.15, 0.2) is 0 Å². The van der Waals surface area contributed by atoms with Crippen LogP contribution in [-0.2, 0) is 14.9 Å². The number of hydrogen-bond acceptors (Lipinski definition) is 3. The third kappa shape index (κ3) is 3.06. The molecule has 2 N–H and O–H groups in total. The highest BCUT2D eigenvalue weighted by Crippen LogP contribution is 2.54. The number of ether oxygens (including phenoxy) is 1. The number of nitrogens with two attached hydrogens (primary N) is 1. The van der Waals surface area contributed by atoms with E-state index in [1.54, 1.807) is 12.1 Å². The van der Waals surface area contributed by atoms with E-state index in [0.717, 1.165) is 18.4 Å². The van der Waals surface area contributed by atoms with Crippen LogP contribution in [0.25, 0.3) is 0 Å². The van der Waals surface area contributed by atoms with Crippen LogP contribution in [0.2, 0.25) is 0 Å². The molecule has 0 saturated heterocycles. The number of esters is 1. The molecular weight excluding hydrogens is 302 g/mol. The van der Waals surface area contributed by atoms with Crippen LogP contribution in [0.4, 0.5) is 0 Å². The van der Waals surface area contributed by atoms with Crippen LogP contribution in [0.15, 0.2) is 24.3 Å². The van der Waals surface area contributed by atoms with E-state index in [-0.39, 0.29) is 17.2 Å². The SMILES string of the molecule is COC(=O)c1ccccc1C1(C(N)=O)CC(C)(C)CCC1C(C)C. The zero-order valence-electron chi connectivity index (χ0n) is 15.4. The fourth-order valence-electron chi connectivity index (χ4n) is 4.53. The predicted molar refractivity (Wildman–Crippen MR) is 94.6 cm³/mol. The Morgan fingerprint density at radius 2 is 1.88 bits per heavy atom. The lowest BCUT2D eigenvalue weighted by atomic mass is 9.52. The Morgan fingerprint density at radius 1 is 1.25 bits per heavy atom. The van der Waals surface area contributed by atoms with Crippen LogP contribution in [0, 0.1) is 17.3 Å². The summed E-state index contributed by atoms with van der Waals surface area (Å²) in [5.74, 6) is -0.365. The summed E-state index contributed by atoms with van der Waals surface area (Å²) in [6.07, 6.45) is 2.61. The van der Waals surface area contributed by atoms with E-state index in [9.17, 15) is 9.59 Å². The molecule has 0 aromatic heterocycles. The van der Waals surface area contributed by atoms with Crippen molar-refractivity contribution in [1.82, 2.24) is 0 Å². The smallest absolute Gasteiger partial charge is 0.338 e. The van der Waals surface area contributed by atoms with E-state index in [1.165, 1.54) is 7.11 Å². The first kappa shape index (κ1) is 18.5. The van der Waals surface area contributed by atoms with Gasteiger partial charge in [-0.15, -0.1) is 0 Å². The van der Waals surface area contributed by atoms with Crippen LogP contribution in [-0.4, -0.2) is 19.0 Å². The van der Waals surface area contributed by atoms with Gasteiger partial charge in [0.2, 0.25) is 5.91 Å². The molecule has 1 aliphatic carbocycles.